The van der Waals surface area contributed by atoms with Gasteiger partial charge in [-0.1, -0.05) is 19.1 Å². The van der Waals surface area contributed by atoms with Gasteiger partial charge >= 0.3 is 0 Å². The maximum Gasteiger partial charge on any atom is 0.161 e. The zero-order valence-corrected chi connectivity index (χ0v) is 12.6. The van der Waals surface area contributed by atoms with Gasteiger partial charge in [0.05, 0.1) is 12.3 Å². The van der Waals surface area contributed by atoms with Crippen LogP contribution in [0.25, 0.3) is 0 Å². The van der Waals surface area contributed by atoms with Crippen molar-refractivity contribution in [2.75, 3.05) is 13.2 Å². The summed E-state index contributed by atoms with van der Waals surface area (Å²) < 4.78 is 11.5. The van der Waals surface area contributed by atoms with Gasteiger partial charge in [-0.3, -0.25) is 4.98 Å². The molecule has 0 aliphatic carbocycles. The van der Waals surface area contributed by atoms with Crippen LogP contribution in [0.5, 0.6) is 11.5 Å². The number of ether oxygens (including phenoxy) is 2. The number of hydrogen-bond acceptors (Lipinski definition) is 4. The molecule has 0 unspecified atom stereocenters. The number of benzene rings is 1. The Hall–Kier alpha value is -2.07. The van der Waals surface area contributed by atoms with Crippen molar-refractivity contribution in [3.63, 3.8) is 0 Å². The molecule has 0 aliphatic heterocycles. The number of nitrogens with one attached hydrogen (secondary N) is 1. The molecule has 0 saturated heterocycles. The van der Waals surface area contributed by atoms with Crippen molar-refractivity contribution in [2.45, 2.75) is 27.0 Å². The van der Waals surface area contributed by atoms with E-state index in [0.717, 1.165) is 30.3 Å². The summed E-state index contributed by atoms with van der Waals surface area (Å²) in [6, 6.07) is 11.8. The zero-order valence-electron chi connectivity index (χ0n) is 12.6. The van der Waals surface area contributed by atoms with E-state index in [-0.39, 0.29) is 0 Å². The second kappa shape index (κ2) is 8.27. The number of rotatable bonds is 8. The Morgan fingerprint density at radius 2 is 1.95 bits per heavy atom. The average Bonchev–Trinajstić information content (AvgIpc) is 2.53. The summed E-state index contributed by atoms with van der Waals surface area (Å²) in [4.78, 5) is 4.25. The van der Waals surface area contributed by atoms with Crippen molar-refractivity contribution in [1.82, 2.24) is 10.3 Å². The molecule has 1 heterocycles. The van der Waals surface area contributed by atoms with Gasteiger partial charge < -0.3 is 14.8 Å². The predicted octanol–water partition coefficient (Wildman–Crippen LogP) is 3.17. The Morgan fingerprint density at radius 1 is 1.05 bits per heavy atom. The van der Waals surface area contributed by atoms with Crippen LogP contribution in [0.2, 0.25) is 0 Å². The highest BCUT2D eigenvalue weighted by molar-refractivity contribution is 5.43. The SMILES string of the molecule is CCNCc1ccc(OCc2ccccn2)c(OCC)c1. The molecule has 0 saturated carbocycles. The monoisotopic (exact) mass is 286 g/mol. The first kappa shape index (κ1) is 15.3. The van der Waals surface area contributed by atoms with Crippen molar-refractivity contribution < 1.29 is 9.47 Å². The molecule has 0 aliphatic rings. The molecule has 2 rings (SSSR count). The predicted molar refractivity (Wildman–Crippen MR) is 83.6 cm³/mol. The van der Waals surface area contributed by atoms with Crippen LogP contribution in [0.3, 0.4) is 0 Å². The molecule has 0 radical (unpaired) electrons. The van der Waals surface area contributed by atoms with Gasteiger partial charge in [0.1, 0.15) is 6.61 Å². The van der Waals surface area contributed by atoms with E-state index in [1.807, 2.05) is 37.3 Å². The average molecular weight is 286 g/mol. The van der Waals surface area contributed by atoms with Crippen molar-refractivity contribution in [3.8, 4) is 11.5 Å². The van der Waals surface area contributed by atoms with Crippen LogP contribution in [0.1, 0.15) is 25.1 Å². The molecule has 4 nitrogen and oxygen atoms in total. The molecule has 0 amide bonds. The molecule has 4 heteroatoms. The number of aromatic nitrogens is 1. The topological polar surface area (TPSA) is 43.4 Å². The Balaban J connectivity index is 2.06. The third-order valence-corrected chi connectivity index (χ3v) is 2.99. The third kappa shape index (κ3) is 4.76. The lowest BCUT2D eigenvalue weighted by atomic mass is 10.2. The fourth-order valence-corrected chi connectivity index (χ4v) is 1.95. The van der Waals surface area contributed by atoms with Gasteiger partial charge in [-0.25, -0.2) is 0 Å². The minimum atomic E-state index is 0.438. The molecule has 1 aromatic carbocycles. The second-order valence-electron chi connectivity index (χ2n) is 4.60. The second-order valence-corrected chi connectivity index (χ2v) is 4.60. The van der Waals surface area contributed by atoms with E-state index in [4.69, 9.17) is 9.47 Å². The first-order chi connectivity index (χ1) is 10.3. The summed E-state index contributed by atoms with van der Waals surface area (Å²) in [6.07, 6.45) is 1.77. The Labute approximate surface area is 126 Å². The quantitative estimate of drug-likeness (QED) is 0.809. The summed E-state index contributed by atoms with van der Waals surface area (Å²) in [6.45, 7) is 6.89. The molecule has 1 aromatic heterocycles. The van der Waals surface area contributed by atoms with Crippen LogP contribution in [0.4, 0.5) is 0 Å². The van der Waals surface area contributed by atoms with Crippen LogP contribution in [0.15, 0.2) is 42.6 Å². The molecular formula is C17H22N2O2. The van der Waals surface area contributed by atoms with E-state index in [0.29, 0.717) is 13.2 Å². The lowest BCUT2D eigenvalue weighted by molar-refractivity contribution is 0.266. The van der Waals surface area contributed by atoms with Crippen molar-refractivity contribution in [1.29, 1.82) is 0 Å². The first-order valence-electron chi connectivity index (χ1n) is 7.32. The van der Waals surface area contributed by atoms with Crippen LogP contribution >= 0.6 is 0 Å². The third-order valence-electron chi connectivity index (χ3n) is 2.99. The van der Waals surface area contributed by atoms with Crippen LogP contribution in [-0.4, -0.2) is 18.1 Å². The number of hydrogen-bond donors (Lipinski definition) is 1. The molecule has 0 fully saturated rings. The smallest absolute Gasteiger partial charge is 0.161 e. The summed E-state index contributed by atoms with van der Waals surface area (Å²) in [7, 11) is 0. The molecule has 0 bridgehead atoms. The van der Waals surface area contributed by atoms with Crippen LogP contribution in [0, 0.1) is 0 Å². The highest BCUT2D eigenvalue weighted by Gasteiger charge is 2.07. The Kier molecular flexibility index (Phi) is 6.03. The van der Waals surface area contributed by atoms with E-state index < -0.39 is 0 Å². The standard InChI is InChI=1S/C17H22N2O2/c1-3-18-12-14-8-9-16(17(11-14)20-4-2)21-13-15-7-5-6-10-19-15/h5-11,18H,3-4,12-13H2,1-2H3. The van der Waals surface area contributed by atoms with Gasteiger partial charge in [-0.2, -0.15) is 0 Å². The van der Waals surface area contributed by atoms with Gasteiger partial charge in [-0.05, 0) is 43.3 Å². The van der Waals surface area contributed by atoms with Crippen molar-refractivity contribution in [2.24, 2.45) is 0 Å². The van der Waals surface area contributed by atoms with Crippen molar-refractivity contribution >= 4 is 0 Å². The van der Waals surface area contributed by atoms with Gasteiger partial charge in [0.25, 0.3) is 0 Å². The molecule has 0 atom stereocenters. The highest BCUT2D eigenvalue weighted by Crippen LogP contribution is 2.29. The fraction of sp³-hybridized carbons (Fsp3) is 0.353. The minimum absolute atomic E-state index is 0.438. The summed E-state index contributed by atoms with van der Waals surface area (Å²) in [5.74, 6) is 1.53. The van der Waals surface area contributed by atoms with Crippen molar-refractivity contribution in [3.05, 3.63) is 53.9 Å². The summed E-state index contributed by atoms with van der Waals surface area (Å²) >= 11 is 0. The summed E-state index contributed by atoms with van der Waals surface area (Å²) in [5.41, 5.74) is 2.09. The fourth-order valence-electron chi connectivity index (χ4n) is 1.95. The zero-order chi connectivity index (χ0) is 14.9. The maximum absolute atomic E-state index is 5.83. The van der Waals surface area contributed by atoms with E-state index in [2.05, 4.69) is 23.3 Å². The molecular weight excluding hydrogens is 264 g/mol. The lowest BCUT2D eigenvalue weighted by Crippen LogP contribution is -2.12. The maximum atomic E-state index is 5.83. The van der Waals surface area contributed by atoms with E-state index in [1.54, 1.807) is 6.20 Å². The van der Waals surface area contributed by atoms with Gasteiger partial charge in [0.15, 0.2) is 11.5 Å². The minimum Gasteiger partial charge on any atom is -0.490 e. The molecule has 1 N–H and O–H groups in total. The lowest BCUT2D eigenvalue weighted by Gasteiger charge is -2.13. The molecule has 2 aromatic rings. The number of nitrogens with zero attached hydrogens (tertiary/aromatic N) is 1. The first-order valence-corrected chi connectivity index (χ1v) is 7.32. The van der Waals surface area contributed by atoms with E-state index in [1.165, 1.54) is 5.56 Å². The Morgan fingerprint density at radius 3 is 2.67 bits per heavy atom. The molecule has 0 spiro atoms. The van der Waals surface area contributed by atoms with Gasteiger partial charge in [0.2, 0.25) is 0 Å². The number of pyridine rings is 1. The van der Waals surface area contributed by atoms with Gasteiger partial charge in [0, 0.05) is 12.7 Å². The normalized spacial score (nSPS) is 10.4. The van der Waals surface area contributed by atoms with Gasteiger partial charge in [-0.15, -0.1) is 0 Å². The van der Waals surface area contributed by atoms with E-state index >= 15 is 0 Å². The molecule has 112 valence electrons. The summed E-state index contributed by atoms with van der Waals surface area (Å²) in [5, 5.41) is 3.30. The molecule has 21 heavy (non-hydrogen) atoms. The Bertz CT molecular complexity index is 544. The van der Waals surface area contributed by atoms with Crippen LogP contribution in [-0.2, 0) is 13.2 Å². The largest absolute Gasteiger partial charge is 0.490 e. The van der Waals surface area contributed by atoms with E-state index in [9.17, 15) is 0 Å². The van der Waals surface area contributed by atoms with Crippen LogP contribution < -0.4 is 14.8 Å². The highest BCUT2D eigenvalue weighted by atomic mass is 16.5.